The monoisotopic (exact) mass is 196 g/mol. The second-order valence-corrected chi connectivity index (χ2v) is 3.67. The van der Waals surface area contributed by atoms with Gasteiger partial charge in [0.1, 0.15) is 0 Å². The lowest BCUT2D eigenvalue weighted by Gasteiger charge is -2.21. The quantitative estimate of drug-likeness (QED) is 0.765. The second kappa shape index (κ2) is 3.96. The summed E-state index contributed by atoms with van der Waals surface area (Å²) in [5, 5.41) is 6.99. The number of aromatic nitrogens is 2. The maximum atomic E-state index is 5.16. The molecule has 2 heterocycles. The number of anilines is 1. The van der Waals surface area contributed by atoms with E-state index in [2.05, 4.69) is 20.4 Å². The third-order valence-corrected chi connectivity index (χ3v) is 2.58. The van der Waals surface area contributed by atoms with Gasteiger partial charge in [-0.3, -0.25) is 0 Å². The Balaban J connectivity index is 2.09. The molecule has 0 aliphatic carbocycles. The van der Waals surface area contributed by atoms with Gasteiger partial charge in [-0.15, -0.1) is 0 Å². The maximum Gasteiger partial charge on any atom is 0.324 e. The molecule has 1 aromatic heterocycles. The first-order valence-corrected chi connectivity index (χ1v) is 5.03. The molecule has 0 saturated carbocycles. The number of hydrogen-bond donors (Lipinski definition) is 1. The van der Waals surface area contributed by atoms with E-state index in [-0.39, 0.29) is 0 Å². The molecule has 2 rings (SSSR count). The minimum atomic E-state index is 0.500. The highest BCUT2D eigenvalue weighted by molar-refractivity contribution is 5.29. The fourth-order valence-corrected chi connectivity index (χ4v) is 1.94. The molecule has 1 atom stereocenters. The van der Waals surface area contributed by atoms with Gasteiger partial charge in [-0.1, -0.05) is 5.16 Å². The first-order valence-electron chi connectivity index (χ1n) is 5.03. The lowest BCUT2D eigenvalue weighted by Crippen LogP contribution is -2.36. The summed E-state index contributed by atoms with van der Waals surface area (Å²) in [5.74, 6) is 0.704. The Morgan fingerprint density at radius 3 is 3.14 bits per heavy atom. The van der Waals surface area contributed by atoms with Crippen molar-refractivity contribution in [3.05, 3.63) is 5.82 Å². The van der Waals surface area contributed by atoms with Crippen LogP contribution < -0.4 is 10.2 Å². The summed E-state index contributed by atoms with van der Waals surface area (Å²) in [6.45, 7) is 3.84. The number of rotatable bonds is 3. The van der Waals surface area contributed by atoms with Gasteiger partial charge in [0, 0.05) is 19.1 Å². The zero-order chi connectivity index (χ0) is 9.97. The molecular formula is C9H16N4O. The summed E-state index contributed by atoms with van der Waals surface area (Å²) in [4.78, 5) is 6.44. The van der Waals surface area contributed by atoms with Crippen molar-refractivity contribution in [2.24, 2.45) is 0 Å². The van der Waals surface area contributed by atoms with Crippen LogP contribution in [0.2, 0.25) is 0 Å². The fourth-order valence-electron chi connectivity index (χ4n) is 1.94. The molecule has 78 valence electrons. The third-order valence-electron chi connectivity index (χ3n) is 2.58. The van der Waals surface area contributed by atoms with Gasteiger partial charge in [0.05, 0.1) is 0 Å². The largest absolute Gasteiger partial charge is 0.324 e. The molecule has 5 nitrogen and oxygen atoms in total. The Morgan fingerprint density at radius 2 is 2.50 bits per heavy atom. The van der Waals surface area contributed by atoms with E-state index in [4.69, 9.17) is 4.52 Å². The van der Waals surface area contributed by atoms with Crippen LogP contribution in [0.25, 0.3) is 0 Å². The highest BCUT2D eigenvalue weighted by atomic mass is 16.5. The van der Waals surface area contributed by atoms with Crippen molar-refractivity contribution >= 4 is 6.01 Å². The minimum absolute atomic E-state index is 0.500. The van der Waals surface area contributed by atoms with Crippen molar-refractivity contribution in [3.63, 3.8) is 0 Å². The van der Waals surface area contributed by atoms with Gasteiger partial charge in [0.15, 0.2) is 5.82 Å². The number of likely N-dealkylation sites (N-methyl/N-ethyl adjacent to an activating group) is 1. The van der Waals surface area contributed by atoms with Crippen molar-refractivity contribution in [1.29, 1.82) is 0 Å². The Kier molecular flexibility index (Phi) is 2.67. The third kappa shape index (κ3) is 1.72. The summed E-state index contributed by atoms with van der Waals surface area (Å²) >= 11 is 0. The van der Waals surface area contributed by atoms with E-state index in [0.717, 1.165) is 13.1 Å². The molecule has 1 aliphatic heterocycles. The van der Waals surface area contributed by atoms with Crippen molar-refractivity contribution in [2.45, 2.75) is 25.8 Å². The predicted octanol–water partition coefficient (Wildman–Crippen LogP) is 0.566. The molecule has 0 radical (unpaired) electrons. The maximum absolute atomic E-state index is 5.16. The topological polar surface area (TPSA) is 54.2 Å². The van der Waals surface area contributed by atoms with Crippen LogP contribution >= 0.6 is 0 Å². The molecular weight excluding hydrogens is 180 g/mol. The Hall–Kier alpha value is -1.10. The first-order chi connectivity index (χ1) is 6.81. The normalized spacial score (nSPS) is 21.9. The van der Waals surface area contributed by atoms with Gasteiger partial charge < -0.3 is 14.7 Å². The van der Waals surface area contributed by atoms with E-state index >= 15 is 0 Å². The average molecular weight is 196 g/mol. The van der Waals surface area contributed by atoms with Crippen LogP contribution in [-0.4, -0.2) is 36.3 Å². The van der Waals surface area contributed by atoms with Crippen LogP contribution in [0.15, 0.2) is 4.52 Å². The summed E-state index contributed by atoms with van der Waals surface area (Å²) in [7, 11) is 1.97. The summed E-state index contributed by atoms with van der Waals surface area (Å²) < 4.78 is 5.16. The van der Waals surface area contributed by atoms with Crippen molar-refractivity contribution < 1.29 is 4.52 Å². The molecule has 1 N–H and O–H groups in total. The molecule has 0 aromatic carbocycles. The number of nitrogens with zero attached hydrogens (tertiary/aromatic N) is 3. The molecule has 1 unspecified atom stereocenters. The van der Waals surface area contributed by atoms with E-state index in [1.807, 2.05) is 14.0 Å². The van der Waals surface area contributed by atoms with Crippen molar-refractivity contribution in [2.75, 3.05) is 25.0 Å². The Bertz CT molecular complexity index is 299. The van der Waals surface area contributed by atoms with Gasteiger partial charge in [0.25, 0.3) is 0 Å². The van der Waals surface area contributed by atoms with Crippen LogP contribution in [0.5, 0.6) is 0 Å². The standard InChI is InChI=1S/C9H16N4O/c1-7-11-9(14-12-7)13-5-3-4-8(13)6-10-2/h8,10H,3-6H2,1-2H3. The Morgan fingerprint density at radius 1 is 1.64 bits per heavy atom. The van der Waals surface area contributed by atoms with Crippen LogP contribution in [-0.2, 0) is 0 Å². The van der Waals surface area contributed by atoms with Gasteiger partial charge in [-0.25, -0.2) is 0 Å². The lowest BCUT2D eigenvalue weighted by atomic mass is 10.2. The number of nitrogens with one attached hydrogen (secondary N) is 1. The highest BCUT2D eigenvalue weighted by Crippen LogP contribution is 2.23. The van der Waals surface area contributed by atoms with Gasteiger partial charge in [-0.2, -0.15) is 4.98 Å². The smallest absolute Gasteiger partial charge is 0.320 e. The van der Waals surface area contributed by atoms with Gasteiger partial charge in [0.2, 0.25) is 0 Å². The zero-order valence-electron chi connectivity index (χ0n) is 8.66. The molecule has 5 heteroatoms. The number of hydrogen-bond acceptors (Lipinski definition) is 5. The first kappa shape index (κ1) is 9.45. The van der Waals surface area contributed by atoms with E-state index < -0.39 is 0 Å². The van der Waals surface area contributed by atoms with Gasteiger partial charge in [-0.05, 0) is 26.8 Å². The van der Waals surface area contributed by atoms with Crippen molar-refractivity contribution in [3.8, 4) is 0 Å². The zero-order valence-corrected chi connectivity index (χ0v) is 8.66. The second-order valence-electron chi connectivity index (χ2n) is 3.67. The average Bonchev–Trinajstić information content (AvgIpc) is 2.74. The van der Waals surface area contributed by atoms with E-state index in [9.17, 15) is 0 Å². The molecule has 0 amide bonds. The molecule has 1 saturated heterocycles. The summed E-state index contributed by atoms with van der Waals surface area (Å²) in [6, 6.07) is 1.17. The van der Waals surface area contributed by atoms with E-state index in [1.54, 1.807) is 0 Å². The Labute approximate surface area is 83.5 Å². The van der Waals surface area contributed by atoms with Crippen LogP contribution in [0.4, 0.5) is 6.01 Å². The minimum Gasteiger partial charge on any atom is -0.320 e. The highest BCUT2D eigenvalue weighted by Gasteiger charge is 2.27. The van der Waals surface area contributed by atoms with E-state index in [1.165, 1.54) is 12.8 Å². The van der Waals surface area contributed by atoms with Crippen molar-refractivity contribution in [1.82, 2.24) is 15.5 Å². The summed E-state index contributed by atoms with van der Waals surface area (Å²) in [6.07, 6.45) is 2.40. The lowest BCUT2D eigenvalue weighted by molar-refractivity contribution is 0.404. The molecule has 1 fully saturated rings. The van der Waals surface area contributed by atoms with Crippen LogP contribution in [0.1, 0.15) is 18.7 Å². The van der Waals surface area contributed by atoms with Crippen LogP contribution in [0.3, 0.4) is 0 Å². The SMILES string of the molecule is CNCC1CCCN1c1nc(C)no1. The fraction of sp³-hybridized carbons (Fsp3) is 0.778. The van der Waals surface area contributed by atoms with Gasteiger partial charge >= 0.3 is 6.01 Å². The molecule has 1 aliphatic rings. The van der Waals surface area contributed by atoms with E-state index in [0.29, 0.717) is 17.9 Å². The van der Waals surface area contributed by atoms with Crippen LogP contribution in [0, 0.1) is 6.92 Å². The predicted molar refractivity (Wildman–Crippen MR) is 53.3 cm³/mol. The number of aryl methyl sites for hydroxylation is 1. The molecule has 1 aromatic rings. The molecule has 0 spiro atoms. The summed E-state index contributed by atoms with van der Waals surface area (Å²) in [5.41, 5.74) is 0. The molecule has 14 heavy (non-hydrogen) atoms. The molecule has 0 bridgehead atoms.